The molecule has 2 amide bonds. The summed E-state index contributed by atoms with van der Waals surface area (Å²) in [6.45, 7) is 0. The summed E-state index contributed by atoms with van der Waals surface area (Å²) >= 11 is 0. The molecule has 2 aliphatic carbocycles. The fourth-order valence-corrected chi connectivity index (χ4v) is 5.01. The molecule has 0 bridgehead atoms. The van der Waals surface area contributed by atoms with Crippen LogP contribution in [0.4, 0.5) is 10.6 Å². The van der Waals surface area contributed by atoms with Crippen molar-refractivity contribution < 1.29 is 14.3 Å². The largest absolute Gasteiger partial charge is 0.446 e. The fraction of sp³-hybridized carbons (Fsp3) is 0.379. The van der Waals surface area contributed by atoms with Crippen LogP contribution in [0.1, 0.15) is 50.5 Å². The van der Waals surface area contributed by atoms with Crippen molar-refractivity contribution in [3.63, 3.8) is 0 Å². The molecule has 0 saturated heterocycles. The third-order valence-corrected chi connectivity index (χ3v) is 7.42. The third kappa shape index (κ3) is 5.97. The molecule has 4 N–H and O–H groups in total. The smallest absolute Gasteiger partial charge is 0.407 e. The number of hydrogen-bond acceptors (Lipinski definition) is 6. The minimum atomic E-state index is -0.401. The number of benzene rings is 1. The average molecular weight is 500 g/mol. The maximum absolute atomic E-state index is 12.9. The molecular weight excluding hydrogens is 466 g/mol. The number of anilines is 1. The van der Waals surface area contributed by atoms with Gasteiger partial charge in [0.25, 0.3) is 0 Å². The highest BCUT2D eigenvalue weighted by Crippen LogP contribution is 2.43. The van der Waals surface area contributed by atoms with Crippen molar-refractivity contribution in [2.75, 3.05) is 12.4 Å². The molecule has 2 aromatic heterocycles. The van der Waals surface area contributed by atoms with Crippen LogP contribution in [0.25, 0.3) is 22.4 Å². The van der Waals surface area contributed by atoms with Crippen LogP contribution >= 0.6 is 0 Å². The lowest BCUT2D eigenvalue weighted by atomic mass is 9.85. The average Bonchev–Trinajstić information content (AvgIpc) is 3.68. The highest BCUT2D eigenvalue weighted by Gasteiger charge is 2.39. The van der Waals surface area contributed by atoms with Gasteiger partial charge in [0, 0.05) is 42.5 Å². The molecule has 3 aromatic rings. The maximum atomic E-state index is 12.9. The van der Waals surface area contributed by atoms with Crippen molar-refractivity contribution >= 4 is 17.8 Å². The van der Waals surface area contributed by atoms with Gasteiger partial charge in [-0.2, -0.15) is 0 Å². The van der Waals surface area contributed by atoms with Crippen LogP contribution in [0.3, 0.4) is 0 Å². The first-order chi connectivity index (χ1) is 17.9. The van der Waals surface area contributed by atoms with E-state index in [9.17, 15) is 9.59 Å². The predicted molar refractivity (Wildman–Crippen MR) is 143 cm³/mol. The van der Waals surface area contributed by atoms with E-state index in [4.69, 9.17) is 10.5 Å². The first-order valence-corrected chi connectivity index (χ1v) is 12.9. The van der Waals surface area contributed by atoms with Crippen molar-refractivity contribution in [2.45, 2.75) is 56.6 Å². The van der Waals surface area contributed by atoms with E-state index in [0.717, 1.165) is 66.5 Å². The summed E-state index contributed by atoms with van der Waals surface area (Å²) in [5, 5.41) is 5.46. The molecule has 5 rings (SSSR count). The number of carbonyl (C=O) groups is 2. The molecule has 8 heteroatoms. The molecule has 2 aliphatic rings. The number of hydrogen-bond donors (Lipinski definition) is 3. The van der Waals surface area contributed by atoms with Crippen LogP contribution in [0.2, 0.25) is 0 Å². The number of rotatable bonds is 7. The predicted octanol–water partition coefficient (Wildman–Crippen LogP) is 5.00. The highest BCUT2D eigenvalue weighted by molar-refractivity contribution is 5.92. The van der Waals surface area contributed by atoms with E-state index >= 15 is 0 Å². The van der Waals surface area contributed by atoms with Gasteiger partial charge in [-0.3, -0.25) is 9.78 Å². The van der Waals surface area contributed by atoms with Crippen molar-refractivity contribution in [3.05, 3.63) is 66.5 Å². The van der Waals surface area contributed by atoms with Gasteiger partial charge < -0.3 is 21.1 Å². The molecule has 2 fully saturated rings. The van der Waals surface area contributed by atoms with Crippen molar-refractivity contribution in [1.29, 1.82) is 0 Å². The molecule has 0 aliphatic heterocycles. The van der Waals surface area contributed by atoms with E-state index in [1.165, 1.54) is 0 Å². The number of nitrogens with one attached hydrogen (secondary N) is 2. The summed E-state index contributed by atoms with van der Waals surface area (Å²) < 4.78 is 5.35. The zero-order valence-electron chi connectivity index (χ0n) is 21.1. The Hall–Kier alpha value is -3.78. The third-order valence-electron chi connectivity index (χ3n) is 7.42. The SMILES string of the molecule is CNC(=O)O[C@H]1CC[C@H](CC(=O)Nc2cc(-c3ccccn3)c(-c3ccc(C4(N)CC4)cc3)cn2)CC1. The summed E-state index contributed by atoms with van der Waals surface area (Å²) in [5.41, 5.74) is 11.0. The van der Waals surface area contributed by atoms with E-state index in [1.54, 1.807) is 19.4 Å². The van der Waals surface area contributed by atoms with E-state index < -0.39 is 6.09 Å². The number of aromatic nitrogens is 2. The lowest BCUT2D eigenvalue weighted by molar-refractivity contribution is -0.117. The van der Waals surface area contributed by atoms with Crippen molar-refractivity contribution in [2.24, 2.45) is 11.7 Å². The number of ether oxygens (including phenoxy) is 1. The number of pyridine rings is 2. The second-order valence-electron chi connectivity index (χ2n) is 10.1. The lowest BCUT2D eigenvalue weighted by Crippen LogP contribution is -2.30. The van der Waals surface area contributed by atoms with Gasteiger partial charge in [-0.25, -0.2) is 9.78 Å². The molecule has 8 nitrogen and oxygen atoms in total. The molecule has 0 spiro atoms. The summed E-state index contributed by atoms with van der Waals surface area (Å²) in [6, 6.07) is 16.0. The molecule has 192 valence electrons. The lowest BCUT2D eigenvalue weighted by Gasteiger charge is -2.27. The zero-order valence-corrected chi connectivity index (χ0v) is 21.1. The van der Waals surface area contributed by atoms with Crippen LogP contribution in [0.15, 0.2) is 60.9 Å². The number of nitrogens with two attached hydrogens (primary N) is 1. The topological polar surface area (TPSA) is 119 Å². The summed E-state index contributed by atoms with van der Waals surface area (Å²) in [6.07, 6.45) is 8.77. The van der Waals surface area contributed by atoms with Crippen LogP contribution in [0, 0.1) is 5.92 Å². The Morgan fingerprint density at radius 2 is 1.78 bits per heavy atom. The van der Waals surface area contributed by atoms with Gasteiger partial charge in [0.15, 0.2) is 0 Å². The molecule has 2 saturated carbocycles. The van der Waals surface area contributed by atoms with Crippen LogP contribution < -0.4 is 16.4 Å². The Morgan fingerprint density at radius 1 is 1.03 bits per heavy atom. The standard InChI is InChI=1S/C29H33N5O3/c1-31-28(36)37-22-11-5-19(6-12-22)16-27(35)34-26-17-23(25-4-2-3-15-32-25)24(18-33-26)20-7-9-21(10-8-20)29(30)13-14-29/h2-4,7-10,15,17-19,22H,5-6,11-14,16,30H2,1H3,(H,31,36)(H,33,34,35)/t19-,22-. The van der Waals surface area contributed by atoms with Gasteiger partial charge >= 0.3 is 6.09 Å². The second-order valence-corrected chi connectivity index (χ2v) is 10.1. The van der Waals surface area contributed by atoms with E-state index in [1.807, 2.05) is 24.3 Å². The van der Waals surface area contributed by atoms with Gasteiger partial charge in [-0.1, -0.05) is 30.3 Å². The van der Waals surface area contributed by atoms with E-state index in [0.29, 0.717) is 12.2 Å². The molecule has 0 unspecified atom stereocenters. The van der Waals surface area contributed by atoms with Crippen LogP contribution in [-0.2, 0) is 15.1 Å². The normalized spacial score (nSPS) is 20.1. The van der Waals surface area contributed by atoms with Crippen molar-refractivity contribution in [1.82, 2.24) is 15.3 Å². The first-order valence-electron chi connectivity index (χ1n) is 12.9. The molecule has 0 atom stereocenters. The second kappa shape index (κ2) is 10.7. The number of carbonyl (C=O) groups excluding carboxylic acids is 2. The van der Waals surface area contributed by atoms with E-state index in [2.05, 4.69) is 44.9 Å². The minimum Gasteiger partial charge on any atom is -0.446 e. The van der Waals surface area contributed by atoms with Gasteiger partial charge in [0.1, 0.15) is 11.9 Å². The summed E-state index contributed by atoms with van der Waals surface area (Å²) in [7, 11) is 1.55. The molecular formula is C29H33N5O3. The minimum absolute atomic E-state index is 0.0649. The van der Waals surface area contributed by atoms with Gasteiger partial charge in [0.2, 0.25) is 5.91 Å². The summed E-state index contributed by atoms with van der Waals surface area (Å²) in [5.74, 6) is 0.696. The van der Waals surface area contributed by atoms with Gasteiger partial charge in [0.05, 0.1) is 5.69 Å². The highest BCUT2D eigenvalue weighted by atomic mass is 16.6. The quantitative estimate of drug-likeness (QED) is 0.421. The Bertz CT molecular complexity index is 1250. The van der Waals surface area contributed by atoms with Gasteiger partial charge in [-0.05, 0) is 73.8 Å². The van der Waals surface area contributed by atoms with Crippen molar-refractivity contribution in [3.8, 4) is 22.4 Å². The number of alkyl carbamates (subject to hydrolysis) is 1. The molecule has 2 heterocycles. The maximum Gasteiger partial charge on any atom is 0.407 e. The number of nitrogens with zero attached hydrogens (tertiary/aromatic N) is 2. The number of amides is 2. The Balaban J connectivity index is 1.28. The van der Waals surface area contributed by atoms with Gasteiger partial charge in [-0.15, -0.1) is 0 Å². The first kappa shape index (κ1) is 24.9. The molecule has 1 aromatic carbocycles. The Labute approximate surface area is 217 Å². The Kier molecular flexibility index (Phi) is 7.19. The van der Waals surface area contributed by atoms with Crippen LogP contribution in [-0.4, -0.2) is 35.1 Å². The van der Waals surface area contributed by atoms with E-state index in [-0.39, 0.29) is 23.5 Å². The summed E-state index contributed by atoms with van der Waals surface area (Å²) in [4.78, 5) is 33.4. The Morgan fingerprint density at radius 3 is 2.43 bits per heavy atom. The molecule has 0 radical (unpaired) electrons. The fourth-order valence-electron chi connectivity index (χ4n) is 5.01. The zero-order chi connectivity index (χ0) is 25.8. The monoisotopic (exact) mass is 499 g/mol. The van der Waals surface area contributed by atoms with Crippen LogP contribution in [0.5, 0.6) is 0 Å². The molecule has 37 heavy (non-hydrogen) atoms.